The molecule has 1 aromatic rings. The number of hydrogen-bond acceptors (Lipinski definition) is 8. The second kappa shape index (κ2) is 21.4. The molecule has 4 atom stereocenters. The molecule has 0 aromatic carbocycles. The first kappa shape index (κ1) is 41.6. The average Bonchev–Trinajstić information content (AvgIpc) is 2.99. The number of hydrazone groups is 1. The SMILES string of the molecule is C#CCOC1=NNC(C(=O)O)C=C1.CC.CC.CC1OCCC(C2CCC2)C1OC(C)(C)C.FOc1cccc(C(F)(F)F)n1. The van der Waals surface area contributed by atoms with E-state index in [9.17, 15) is 22.5 Å². The molecule has 0 radical (unpaired) electrons. The molecule has 4 rings (SSSR count). The van der Waals surface area contributed by atoms with E-state index in [0.29, 0.717) is 6.10 Å². The van der Waals surface area contributed by atoms with Crippen molar-refractivity contribution in [2.75, 3.05) is 13.2 Å². The van der Waals surface area contributed by atoms with Crippen LogP contribution in [0.25, 0.3) is 0 Å². The van der Waals surface area contributed by atoms with Gasteiger partial charge in [0.25, 0.3) is 5.88 Å². The van der Waals surface area contributed by atoms with Gasteiger partial charge >= 0.3 is 12.1 Å². The van der Waals surface area contributed by atoms with Crippen LogP contribution in [0.15, 0.2) is 35.5 Å². The number of nitrogens with one attached hydrogen (secondary N) is 1. The van der Waals surface area contributed by atoms with Crippen molar-refractivity contribution in [1.82, 2.24) is 10.4 Å². The Kier molecular flexibility index (Phi) is 19.8. The van der Waals surface area contributed by atoms with Crippen molar-refractivity contribution < 1.29 is 46.8 Å². The molecular formula is C32H49F4N3O6. The van der Waals surface area contributed by atoms with Crippen molar-refractivity contribution >= 4 is 11.9 Å². The standard InChI is InChI=1S/C14H26O2.C8H8N2O3.C6H3F4NO.2C2H6/c1-10-13(16-14(2,3)4)12(8-9-15-10)11-6-5-7-11;1-2-5-13-7-4-3-6(8(11)12)9-10-7;7-6(8,9)4-2-1-3-5(11-4)12-10;2*1-2/h10-13H,5-9H2,1-4H3;1,3-4,6,9H,5H2,(H,11,12);1-3H;2*1-2H3. The third kappa shape index (κ3) is 16.0. The van der Waals surface area contributed by atoms with Crippen LogP contribution in [0.1, 0.15) is 86.8 Å². The van der Waals surface area contributed by atoms with E-state index < -0.39 is 29.8 Å². The first-order valence-corrected chi connectivity index (χ1v) is 15.2. The van der Waals surface area contributed by atoms with Crippen LogP contribution >= 0.6 is 0 Å². The van der Waals surface area contributed by atoms with E-state index in [1.807, 2.05) is 27.7 Å². The molecule has 2 N–H and O–H groups in total. The number of aliphatic carboxylic acids is 1. The highest BCUT2D eigenvalue weighted by atomic mass is 19.4. The van der Waals surface area contributed by atoms with E-state index in [1.165, 1.54) is 37.8 Å². The average molecular weight is 648 g/mol. The smallest absolute Gasteiger partial charge is 0.433 e. The molecule has 3 heterocycles. The Hall–Kier alpha value is -3.37. The van der Waals surface area contributed by atoms with E-state index >= 15 is 0 Å². The molecule has 1 aliphatic carbocycles. The minimum atomic E-state index is -4.57. The van der Waals surface area contributed by atoms with E-state index in [1.54, 1.807) is 0 Å². The van der Waals surface area contributed by atoms with Crippen LogP contribution in [0.2, 0.25) is 0 Å². The summed E-state index contributed by atoms with van der Waals surface area (Å²) in [7, 11) is 0. The van der Waals surface area contributed by atoms with Crippen LogP contribution in [0.3, 0.4) is 0 Å². The Morgan fingerprint density at radius 2 is 1.80 bits per heavy atom. The Balaban J connectivity index is 0.000000617. The van der Waals surface area contributed by atoms with Gasteiger partial charge in [-0.2, -0.15) is 13.2 Å². The van der Waals surface area contributed by atoms with Crippen LogP contribution in [-0.2, 0) is 25.2 Å². The maximum atomic E-state index is 11.9. The van der Waals surface area contributed by atoms with Gasteiger partial charge in [-0.05, 0) is 58.1 Å². The molecule has 0 spiro atoms. The maximum Gasteiger partial charge on any atom is 0.433 e. The van der Waals surface area contributed by atoms with Crippen molar-refractivity contribution in [2.24, 2.45) is 16.9 Å². The number of hydrogen-bond donors (Lipinski definition) is 2. The van der Waals surface area contributed by atoms with Crippen molar-refractivity contribution in [2.45, 2.75) is 111 Å². The van der Waals surface area contributed by atoms with Gasteiger partial charge in [0.2, 0.25) is 5.90 Å². The monoisotopic (exact) mass is 647 g/mol. The lowest BCUT2D eigenvalue weighted by molar-refractivity contribution is -0.186. The summed E-state index contributed by atoms with van der Waals surface area (Å²) < 4.78 is 63.9. The number of alkyl halides is 3. The zero-order valence-electron chi connectivity index (χ0n) is 27.5. The lowest BCUT2D eigenvalue weighted by Gasteiger charge is -2.46. The van der Waals surface area contributed by atoms with Crippen LogP contribution in [0.5, 0.6) is 5.88 Å². The van der Waals surface area contributed by atoms with Crippen LogP contribution in [-0.4, -0.2) is 59.0 Å². The summed E-state index contributed by atoms with van der Waals surface area (Å²) >= 11 is 0. The molecular weight excluding hydrogens is 598 g/mol. The molecule has 3 aliphatic rings. The number of halogens is 4. The predicted octanol–water partition coefficient (Wildman–Crippen LogP) is 7.37. The topological polar surface area (TPSA) is 112 Å². The largest absolute Gasteiger partial charge is 0.479 e. The minimum absolute atomic E-state index is 0.0539. The molecule has 13 heteroatoms. The number of rotatable bonds is 5. The quantitative estimate of drug-likeness (QED) is 0.252. The summed E-state index contributed by atoms with van der Waals surface area (Å²) in [6, 6.07) is 1.92. The molecule has 1 saturated heterocycles. The van der Waals surface area contributed by atoms with Gasteiger partial charge in [0, 0.05) is 23.3 Å². The highest BCUT2D eigenvalue weighted by Gasteiger charge is 2.41. The maximum absolute atomic E-state index is 11.9. The summed E-state index contributed by atoms with van der Waals surface area (Å²) in [5, 5.41) is 12.2. The second-order valence-corrected chi connectivity index (χ2v) is 10.6. The van der Waals surface area contributed by atoms with E-state index in [2.05, 4.69) is 54.1 Å². The van der Waals surface area contributed by atoms with Crippen LogP contribution in [0.4, 0.5) is 17.7 Å². The molecule has 0 bridgehead atoms. The van der Waals surface area contributed by atoms with Gasteiger partial charge in [-0.3, -0.25) is 10.4 Å². The molecule has 0 amide bonds. The van der Waals surface area contributed by atoms with Gasteiger partial charge in [0.15, 0.2) is 12.6 Å². The predicted molar refractivity (Wildman–Crippen MR) is 165 cm³/mol. The molecule has 45 heavy (non-hydrogen) atoms. The van der Waals surface area contributed by atoms with Gasteiger partial charge in [0.05, 0.1) is 17.8 Å². The highest BCUT2D eigenvalue weighted by Crippen LogP contribution is 2.41. The molecule has 9 nitrogen and oxygen atoms in total. The Morgan fingerprint density at radius 1 is 1.16 bits per heavy atom. The second-order valence-electron chi connectivity index (χ2n) is 10.6. The highest BCUT2D eigenvalue weighted by molar-refractivity contribution is 5.90. The number of pyridine rings is 1. The zero-order valence-corrected chi connectivity index (χ0v) is 27.5. The molecule has 1 aromatic heterocycles. The van der Waals surface area contributed by atoms with E-state index in [-0.39, 0.29) is 24.2 Å². The molecule has 2 aliphatic heterocycles. The summed E-state index contributed by atoms with van der Waals surface area (Å²) in [6.45, 7) is 17.6. The first-order chi connectivity index (χ1) is 21.2. The first-order valence-electron chi connectivity index (χ1n) is 15.2. The van der Waals surface area contributed by atoms with E-state index in [0.717, 1.165) is 36.6 Å². The number of terminal acetylenes is 1. The van der Waals surface area contributed by atoms with Crippen molar-refractivity contribution in [3.63, 3.8) is 0 Å². The Labute approximate surface area is 264 Å². The fourth-order valence-corrected chi connectivity index (χ4v) is 4.30. The van der Waals surface area contributed by atoms with Crippen molar-refractivity contribution in [3.05, 3.63) is 36.0 Å². The number of aromatic nitrogens is 1. The molecule has 256 valence electrons. The van der Waals surface area contributed by atoms with Gasteiger partial charge in [-0.15, -0.1) is 11.5 Å². The van der Waals surface area contributed by atoms with Gasteiger partial charge in [0.1, 0.15) is 5.69 Å². The third-order valence-corrected chi connectivity index (χ3v) is 6.37. The minimum Gasteiger partial charge on any atom is -0.479 e. The Morgan fingerprint density at radius 3 is 2.24 bits per heavy atom. The molecule has 1 saturated carbocycles. The molecule has 4 unspecified atom stereocenters. The lowest BCUT2D eigenvalue weighted by atomic mass is 9.70. The summed E-state index contributed by atoms with van der Waals surface area (Å²) in [4.78, 5) is 16.3. The van der Waals surface area contributed by atoms with Gasteiger partial charge in [-0.1, -0.05) is 58.9 Å². The third-order valence-electron chi connectivity index (χ3n) is 6.37. The number of carboxylic acids is 1. The number of ether oxygens (including phenoxy) is 3. The number of nitrogens with zero attached hydrogens (tertiary/aromatic N) is 2. The van der Waals surface area contributed by atoms with Crippen molar-refractivity contribution in [1.29, 1.82) is 0 Å². The summed E-state index contributed by atoms with van der Waals surface area (Å²) in [5.41, 5.74) is 1.15. The number of carbonyl (C=O) groups is 1. The zero-order chi connectivity index (χ0) is 34.6. The van der Waals surface area contributed by atoms with Crippen LogP contribution in [0, 0.1) is 24.2 Å². The van der Waals surface area contributed by atoms with E-state index in [4.69, 9.17) is 25.7 Å². The fraction of sp³-hybridized carbons (Fsp3) is 0.656. The fourth-order valence-electron chi connectivity index (χ4n) is 4.30. The lowest BCUT2D eigenvalue weighted by Crippen LogP contribution is -2.48. The van der Waals surface area contributed by atoms with Crippen molar-refractivity contribution in [3.8, 4) is 18.2 Å². The summed E-state index contributed by atoms with van der Waals surface area (Å²) in [6.07, 6.45) is 9.26. The van der Waals surface area contributed by atoms with Gasteiger partial charge < -0.3 is 19.3 Å². The van der Waals surface area contributed by atoms with Crippen LogP contribution < -0.4 is 10.4 Å². The Bertz CT molecular complexity index is 1080. The van der Waals surface area contributed by atoms with Gasteiger partial charge in [-0.25, -0.2) is 9.78 Å². The normalized spacial score (nSPS) is 22.2. The molecule has 2 fully saturated rings. The number of carboxylic acid groups (broad SMARTS) is 1. The summed E-state index contributed by atoms with van der Waals surface area (Å²) in [5.74, 6) is 2.50.